The molecule has 0 aromatic heterocycles. The first-order valence-corrected chi connectivity index (χ1v) is 9.30. The van der Waals surface area contributed by atoms with Gasteiger partial charge < -0.3 is 4.74 Å². The third-order valence-corrected chi connectivity index (χ3v) is 5.34. The molecule has 0 saturated heterocycles. The molecular weight excluding hydrogens is 324 g/mol. The molecule has 0 aliphatic heterocycles. The van der Waals surface area contributed by atoms with Gasteiger partial charge in [-0.15, -0.1) is 0 Å². The number of carbonyl (C=O) groups excluding carboxylic acids is 2. The van der Waals surface area contributed by atoms with Crippen LogP contribution in [0.4, 0.5) is 0 Å². The molecule has 0 atom stereocenters. The van der Waals surface area contributed by atoms with E-state index in [1.54, 1.807) is 13.0 Å². The summed E-state index contributed by atoms with van der Waals surface area (Å²) in [6, 6.07) is 4.26. The summed E-state index contributed by atoms with van der Waals surface area (Å²) >= 11 is 0. The lowest BCUT2D eigenvalue weighted by Gasteiger charge is -2.42. The van der Waals surface area contributed by atoms with Crippen LogP contribution in [-0.2, 0) is 20.4 Å². The monoisotopic (exact) mass is 354 g/mol. The molecule has 1 aromatic rings. The first-order chi connectivity index (χ1) is 12.1. The Morgan fingerprint density at radius 3 is 2.12 bits per heavy atom. The van der Waals surface area contributed by atoms with E-state index in [9.17, 15) is 9.59 Å². The van der Waals surface area contributed by atoms with E-state index in [0.29, 0.717) is 6.61 Å². The number of rotatable bonds is 5. The highest BCUT2D eigenvalue weighted by Crippen LogP contribution is 2.46. The van der Waals surface area contributed by atoms with Crippen LogP contribution in [0.3, 0.4) is 0 Å². The predicted octanol–water partition coefficient (Wildman–Crippen LogP) is 5.20. The molecule has 2 rings (SSSR count). The second-order valence-electron chi connectivity index (χ2n) is 8.32. The summed E-state index contributed by atoms with van der Waals surface area (Å²) < 4.78 is 4.81. The van der Waals surface area contributed by atoms with E-state index < -0.39 is 5.97 Å². The van der Waals surface area contributed by atoms with Crippen molar-refractivity contribution in [2.24, 2.45) is 0 Å². The molecule has 140 valence electrons. The van der Waals surface area contributed by atoms with Crippen LogP contribution in [0.25, 0.3) is 0 Å². The Morgan fingerprint density at radius 1 is 1.00 bits per heavy atom. The maximum Gasteiger partial charge on any atom is 0.330 e. The minimum absolute atomic E-state index is 0.0435. The number of ether oxygens (including phenoxy) is 1. The lowest BCUT2D eigenvalue weighted by atomic mass is 9.62. The third kappa shape index (κ3) is 4.32. The van der Waals surface area contributed by atoms with Crippen molar-refractivity contribution in [3.8, 4) is 0 Å². The quantitative estimate of drug-likeness (QED) is 0.316. The van der Waals surface area contributed by atoms with Crippen LogP contribution < -0.4 is 0 Å². The number of fused-ring (bicyclic) bond motifs is 1. The summed E-state index contributed by atoms with van der Waals surface area (Å²) in [6.45, 7) is 13.2. The van der Waals surface area contributed by atoms with E-state index >= 15 is 0 Å². The summed E-state index contributed by atoms with van der Waals surface area (Å²) in [6.07, 6.45) is 8.22. The number of hydrogen-bond donors (Lipinski definition) is 0. The molecule has 0 radical (unpaired) electrons. The molecule has 0 spiro atoms. The van der Waals surface area contributed by atoms with Crippen molar-refractivity contribution < 1.29 is 14.3 Å². The first kappa shape index (κ1) is 20.2. The first-order valence-electron chi connectivity index (χ1n) is 9.30. The van der Waals surface area contributed by atoms with E-state index in [-0.39, 0.29) is 16.6 Å². The van der Waals surface area contributed by atoms with E-state index in [2.05, 4.69) is 39.8 Å². The SMILES string of the molecule is CCOC(=O)C=CC=CC(=O)c1cc2c(cc1C)C(C)(C)CCC2(C)C. The lowest BCUT2D eigenvalue weighted by Crippen LogP contribution is -2.34. The fraction of sp³-hybridized carbons (Fsp3) is 0.478. The molecule has 0 heterocycles. The van der Waals surface area contributed by atoms with E-state index in [1.165, 1.54) is 29.4 Å². The number of allylic oxidation sites excluding steroid dienone is 3. The Bertz CT molecular complexity index is 764. The molecule has 3 heteroatoms. The molecule has 1 aliphatic carbocycles. The van der Waals surface area contributed by atoms with Gasteiger partial charge in [0.15, 0.2) is 5.78 Å². The van der Waals surface area contributed by atoms with Crippen LogP contribution in [0.1, 0.15) is 74.5 Å². The summed E-state index contributed by atoms with van der Waals surface area (Å²) in [4.78, 5) is 23.9. The fourth-order valence-electron chi connectivity index (χ4n) is 3.54. The van der Waals surface area contributed by atoms with Gasteiger partial charge in [0.1, 0.15) is 0 Å². The Balaban J connectivity index is 2.31. The van der Waals surface area contributed by atoms with Crippen molar-refractivity contribution in [3.05, 3.63) is 58.7 Å². The molecule has 0 unspecified atom stereocenters. The Morgan fingerprint density at radius 2 is 1.54 bits per heavy atom. The van der Waals surface area contributed by atoms with Gasteiger partial charge in [0.25, 0.3) is 0 Å². The van der Waals surface area contributed by atoms with E-state index in [4.69, 9.17) is 4.74 Å². The van der Waals surface area contributed by atoms with Crippen LogP contribution in [-0.4, -0.2) is 18.4 Å². The van der Waals surface area contributed by atoms with Gasteiger partial charge in [-0.2, -0.15) is 0 Å². The molecule has 0 amide bonds. The largest absolute Gasteiger partial charge is 0.463 e. The minimum Gasteiger partial charge on any atom is -0.463 e. The van der Waals surface area contributed by atoms with Gasteiger partial charge in [-0.25, -0.2) is 4.79 Å². The smallest absolute Gasteiger partial charge is 0.330 e. The topological polar surface area (TPSA) is 43.4 Å². The van der Waals surface area contributed by atoms with Crippen molar-refractivity contribution in [2.45, 2.75) is 65.2 Å². The van der Waals surface area contributed by atoms with Gasteiger partial charge in [-0.05, 0) is 66.4 Å². The molecule has 3 nitrogen and oxygen atoms in total. The molecule has 26 heavy (non-hydrogen) atoms. The lowest BCUT2D eigenvalue weighted by molar-refractivity contribution is -0.137. The highest BCUT2D eigenvalue weighted by Gasteiger charge is 2.37. The van der Waals surface area contributed by atoms with Gasteiger partial charge >= 0.3 is 5.97 Å². The highest BCUT2D eigenvalue weighted by atomic mass is 16.5. The maximum absolute atomic E-state index is 12.7. The van der Waals surface area contributed by atoms with Gasteiger partial charge in [-0.1, -0.05) is 45.9 Å². The Kier molecular flexibility index (Phi) is 5.90. The molecule has 0 bridgehead atoms. The van der Waals surface area contributed by atoms with Crippen LogP contribution in [0.2, 0.25) is 0 Å². The van der Waals surface area contributed by atoms with Crippen molar-refractivity contribution >= 4 is 11.8 Å². The van der Waals surface area contributed by atoms with Gasteiger partial charge in [0.05, 0.1) is 6.61 Å². The van der Waals surface area contributed by atoms with Gasteiger partial charge in [0.2, 0.25) is 0 Å². The van der Waals surface area contributed by atoms with E-state index in [1.807, 2.05) is 6.92 Å². The van der Waals surface area contributed by atoms with E-state index in [0.717, 1.165) is 24.0 Å². The van der Waals surface area contributed by atoms with Crippen LogP contribution in [0, 0.1) is 6.92 Å². The molecule has 0 N–H and O–H groups in total. The number of ketones is 1. The average molecular weight is 354 g/mol. The molecular formula is C23H30O3. The van der Waals surface area contributed by atoms with Crippen molar-refractivity contribution in [1.29, 1.82) is 0 Å². The highest BCUT2D eigenvalue weighted by molar-refractivity contribution is 6.06. The van der Waals surface area contributed by atoms with Gasteiger partial charge in [-0.3, -0.25) is 4.79 Å². The zero-order valence-electron chi connectivity index (χ0n) is 16.8. The fourth-order valence-corrected chi connectivity index (χ4v) is 3.54. The zero-order chi connectivity index (χ0) is 19.5. The number of hydrogen-bond acceptors (Lipinski definition) is 3. The third-order valence-electron chi connectivity index (χ3n) is 5.34. The predicted molar refractivity (Wildman–Crippen MR) is 106 cm³/mol. The molecule has 0 saturated carbocycles. The number of esters is 1. The molecule has 0 fully saturated rings. The van der Waals surface area contributed by atoms with Crippen LogP contribution >= 0.6 is 0 Å². The Hall–Kier alpha value is -2.16. The zero-order valence-corrected chi connectivity index (χ0v) is 16.8. The van der Waals surface area contributed by atoms with Crippen LogP contribution in [0.15, 0.2) is 36.4 Å². The second kappa shape index (κ2) is 7.61. The standard InChI is InChI=1S/C23H30O3/c1-7-26-21(25)11-9-8-10-20(24)17-15-19-18(14-16(17)2)22(3,4)12-13-23(19,5)6/h8-11,14-15H,7,12-13H2,1-6H3. The minimum atomic E-state index is -0.404. The van der Waals surface area contributed by atoms with Crippen molar-refractivity contribution in [2.75, 3.05) is 6.61 Å². The van der Waals surface area contributed by atoms with Crippen molar-refractivity contribution in [3.63, 3.8) is 0 Å². The average Bonchev–Trinajstić information content (AvgIpc) is 2.56. The number of carbonyl (C=O) groups is 2. The summed E-state index contributed by atoms with van der Waals surface area (Å²) in [5.74, 6) is -0.448. The second-order valence-corrected chi connectivity index (χ2v) is 8.32. The van der Waals surface area contributed by atoms with Gasteiger partial charge in [0, 0.05) is 11.6 Å². The molecule has 1 aliphatic rings. The normalized spacial score (nSPS) is 18.1. The Labute approximate surface area is 157 Å². The summed E-state index contributed by atoms with van der Waals surface area (Å²) in [5.41, 5.74) is 4.57. The summed E-state index contributed by atoms with van der Waals surface area (Å²) in [5, 5.41) is 0. The van der Waals surface area contributed by atoms with Crippen molar-refractivity contribution in [1.82, 2.24) is 0 Å². The summed E-state index contributed by atoms with van der Waals surface area (Å²) in [7, 11) is 0. The number of benzene rings is 1. The number of aryl methyl sites for hydroxylation is 1. The molecule has 1 aromatic carbocycles. The van der Waals surface area contributed by atoms with Crippen LogP contribution in [0.5, 0.6) is 0 Å². The maximum atomic E-state index is 12.7.